The first-order valence-electron chi connectivity index (χ1n) is 10.5. The Bertz CT molecular complexity index is 1440. The van der Waals surface area contributed by atoms with E-state index in [9.17, 15) is 0 Å². The molecule has 1 heterocycles. The van der Waals surface area contributed by atoms with E-state index in [1.54, 1.807) is 0 Å². The van der Waals surface area contributed by atoms with E-state index in [0.717, 1.165) is 38.9 Å². The van der Waals surface area contributed by atoms with E-state index in [1.165, 1.54) is 0 Å². The molecule has 0 fully saturated rings. The average Bonchev–Trinajstić information content (AvgIpc) is 3.10. The third-order valence-electron chi connectivity index (χ3n) is 6.27. The van der Waals surface area contributed by atoms with Crippen molar-refractivity contribution >= 4 is 10.9 Å². The van der Waals surface area contributed by atoms with Crippen LogP contribution in [0.1, 0.15) is 22.3 Å². The van der Waals surface area contributed by atoms with Gasteiger partial charge < -0.3 is 0 Å². The number of benzene rings is 4. The largest absolute Gasteiger partial charge is 0.247 e. The molecule has 31 heavy (non-hydrogen) atoms. The second-order valence-electron chi connectivity index (χ2n) is 8.17. The summed E-state index contributed by atoms with van der Waals surface area (Å²) in [5.74, 6) is 0. The van der Waals surface area contributed by atoms with Crippen LogP contribution >= 0.6 is 0 Å². The van der Waals surface area contributed by atoms with Crippen LogP contribution in [-0.2, 0) is 5.67 Å². The first kappa shape index (κ1) is 18.0. The Morgan fingerprint density at radius 2 is 1.42 bits per heavy atom. The van der Waals surface area contributed by atoms with Crippen LogP contribution < -0.4 is 0 Å². The molecule has 0 saturated carbocycles. The summed E-state index contributed by atoms with van der Waals surface area (Å²) in [6.07, 6.45) is 0. The Hall–Kier alpha value is -3.78. The lowest BCUT2D eigenvalue weighted by Gasteiger charge is -2.25. The summed E-state index contributed by atoms with van der Waals surface area (Å²) < 4.78 is 17.6. The second-order valence-corrected chi connectivity index (χ2v) is 8.17. The topological polar surface area (TPSA) is 12.9 Å². The predicted octanol–water partition coefficient (Wildman–Crippen LogP) is 7.45. The molecular weight excluding hydrogens is 381 g/mol. The first-order valence-corrected chi connectivity index (χ1v) is 10.5. The highest BCUT2D eigenvalue weighted by Crippen LogP contribution is 2.57. The van der Waals surface area contributed by atoms with E-state index >= 15 is 4.39 Å². The summed E-state index contributed by atoms with van der Waals surface area (Å²) in [6.45, 7) is 2.04. The highest BCUT2D eigenvalue weighted by Gasteiger charge is 2.47. The molecule has 1 nitrogen and oxygen atoms in total. The number of alkyl halides is 1. The number of fused-ring (bicyclic) bond motifs is 5. The second kappa shape index (κ2) is 6.61. The zero-order valence-corrected chi connectivity index (χ0v) is 17.1. The number of aromatic nitrogens is 1. The molecule has 0 amide bonds. The summed E-state index contributed by atoms with van der Waals surface area (Å²) in [4.78, 5) is 5.05. The maximum absolute atomic E-state index is 17.6. The van der Waals surface area contributed by atoms with E-state index in [-0.39, 0.29) is 0 Å². The Balaban J connectivity index is 1.84. The van der Waals surface area contributed by atoms with Crippen molar-refractivity contribution in [3.8, 4) is 22.4 Å². The van der Waals surface area contributed by atoms with E-state index in [4.69, 9.17) is 4.98 Å². The third-order valence-corrected chi connectivity index (χ3v) is 6.27. The SMILES string of the molecule is Cc1ccc2nc(-c3ccccc3)c3c(c2c1)C(F)(c1ccccc1)c1ccccc1-3. The fourth-order valence-electron chi connectivity index (χ4n) is 4.91. The average molecular weight is 401 g/mol. The molecular formula is C29H20FN. The molecule has 0 saturated heterocycles. The van der Waals surface area contributed by atoms with Crippen LogP contribution in [0.25, 0.3) is 33.3 Å². The molecule has 5 aromatic rings. The molecule has 1 unspecified atom stereocenters. The van der Waals surface area contributed by atoms with Gasteiger partial charge in [-0.25, -0.2) is 9.37 Å². The summed E-state index contributed by atoms with van der Waals surface area (Å²) in [5, 5.41) is 0.872. The van der Waals surface area contributed by atoms with Crippen LogP contribution in [0.3, 0.4) is 0 Å². The minimum absolute atomic E-state index is 0.647. The molecule has 1 atom stereocenters. The fraction of sp³-hybridized carbons (Fsp3) is 0.0690. The number of halogens is 1. The van der Waals surface area contributed by atoms with Crippen molar-refractivity contribution < 1.29 is 4.39 Å². The van der Waals surface area contributed by atoms with Crippen molar-refractivity contribution in [3.63, 3.8) is 0 Å². The number of nitrogens with zero attached hydrogens (tertiary/aromatic N) is 1. The lowest BCUT2D eigenvalue weighted by Crippen LogP contribution is -2.21. The van der Waals surface area contributed by atoms with Gasteiger partial charge in [0.25, 0.3) is 0 Å². The summed E-state index contributed by atoms with van der Waals surface area (Å²) in [6, 6.07) is 33.6. The third kappa shape index (κ3) is 2.51. The lowest BCUT2D eigenvalue weighted by atomic mass is 9.84. The fourth-order valence-corrected chi connectivity index (χ4v) is 4.91. The minimum atomic E-state index is -1.74. The maximum atomic E-state index is 17.6. The number of aryl methyl sites for hydroxylation is 1. The van der Waals surface area contributed by atoms with Gasteiger partial charge in [0.2, 0.25) is 0 Å². The number of pyridine rings is 1. The molecule has 0 radical (unpaired) electrons. The van der Waals surface area contributed by atoms with Gasteiger partial charge in [0.05, 0.1) is 11.2 Å². The molecule has 0 N–H and O–H groups in total. The van der Waals surface area contributed by atoms with Gasteiger partial charge in [-0.2, -0.15) is 0 Å². The van der Waals surface area contributed by atoms with Gasteiger partial charge in [-0.3, -0.25) is 0 Å². The molecule has 6 rings (SSSR count). The van der Waals surface area contributed by atoms with Crippen LogP contribution in [-0.4, -0.2) is 4.98 Å². The quantitative estimate of drug-likeness (QED) is 0.299. The Morgan fingerprint density at radius 1 is 0.742 bits per heavy atom. The molecule has 1 aliphatic rings. The van der Waals surface area contributed by atoms with E-state index in [0.29, 0.717) is 16.7 Å². The van der Waals surface area contributed by atoms with Gasteiger partial charge in [0.1, 0.15) is 0 Å². The summed E-state index contributed by atoms with van der Waals surface area (Å²) >= 11 is 0. The molecule has 148 valence electrons. The highest BCUT2D eigenvalue weighted by atomic mass is 19.1. The Morgan fingerprint density at radius 3 is 2.19 bits per heavy atom. The van der Waals surface area contributed by atoms with Gasteiger partial charge in [0, 0.05) is 27.6 Å². The van der Waals surface area contributed by atoms with Crippen molar-refractivity contribution in [3.05, 3.63) is 125 Å². The van der Waals surface area contributed by atoms with Crippen molar-refractivity contribution in [2.45, 2.75) is 12.6 Å². The minimum Gasteiger partial charge on any atom is -0.247 e. The molecule has 2 heteroatoms. The van der Waals surface area contributed by atoms with Crippen molar-refractivity contribution in [1.82, 2.24) is 4.98 Å². The van der Waals surface area contributed by atoms with E-state index in [2.05, 4.69) is 6.07 Å². The monoisotopic (exact) mass is 401 g/mol. The van der Waals surface area contributed by atoms with Crippen LogP contribution in [0.15, 0.2) is 103 Å². The van der Waals surface area contributed by atoms with Gasteiger partial charge in [-0.1, -0.05) is 96.6 Å². The van der Waals surface area contributed by atoms with Crippen LogP contribution in [0.5, 0.6) is 0 Å². The molecule has 1 aromatic heterocycles. The zero-order valence-electron chi connectivity index (χ0n) is 17.1. The summed E-state index contributed by atoms with van der Waals surface area (Å²) in [5.41, 5.74) is 5.83. The molecule has 0 bridgehead atoms. The molecule has 4 aromatic carbocycles. The van der Waals surface area contributed by atoms with Crippen LogP contribution in [0.2, 0.25) is 0 Å². The van der Waals surface area contributed by atoms with Gasteiger partial charge in [-0.05, 0) is 30.2 Å². The molecule has 1 aliphatic carbocycles. The van der Waals surface area contributed by atoms with Gasteiger partial charge >= 0.3 is 0 Å². The van der Waals surface area contributed by atoms with Crippen LogP contribution in [0, 0.1) is 6.92 Å². The van der Waals surface area contributed by atoms with Crippen molar-refractivity contribution in [2.24, 2.45) is 0 Å². The Labute approximate surface area is 180 Å². The van der Waals surface area contributed by atoms with Crippen molar-refractivity contribution in [1.29, 1.82) is 0 Å². The Kier molecular flexibility index (Phi) is 3.85. The van der Waals surface area contributed by atoms with E-state index in [1.807, 2.05) is 104 Å². The molecule has 0 aliphatic heterocycles. The number of rotatable bonds is 2. The highest BCUT2D eigenvalue weighted by molar-refractivity contribution is 6.02. The van der Waals surface area contributed by atoms with Crippen LogP contribution in [0.4, 0.5) is 4.39 Å². The molecule has 0 spiro atoms. The number of hydrogen-bond acceptors (Lipinski definition) is 1. The standard InChI is InChI=1S/C29H20FN/c1-19-16-17-25-23(18-19)27-26(28(31-25)20-10-4-2-5-11-20)22-14-8-9-15-24(22)29(27,30)21-12-6-3-7-13-21/h2-18H,1H3. The zero-order chi connectivity index (χ0) is 21.0. The van der Waals surface area contributed by atoms with Gasteiger partial charge in [-0.15, -0.1) is 0 Å². The predicted molar refractivity (Wildman–Crippen MR) is 125 cm³/mol. The van der Waals surface area contributed by atoms with Gasteiger partial charge in [0.15, 0.2) is 5.67 Å². The normalized spacial score (nSPS) is 16.8. The van der Waals surface area contributed by atoms with Crippen molar-refractivity contribution in [2.75, 3.05) is 0 Å². The summed E-state index contributed by atoms with van der Waals surface area (Å²) in [7, 11) is 0. The maximum Gasteiger partial charge on any atom is 0.188 e. The number of hydrogen-bond donors (Lipinski definition) is 0. The van der Waals surface area contributed by atoms with E-state index < -0.39 is 5.67 Å². The first-order chi connectivity index (χ1) is 15.2. The lowest BCUT2D eigenvalue weighted by molar-refractivity contribution is 0.290. The smallest absolute Gasteiger partial charge is 0.188 e.